The second kappa shape index (κ2) is 7.45. The van der Waals surface area contributed by atoms with Gasteiger partial charge in [0.25, 0.3) is 5.91 Å². The number of aliphatic imine (C=N–C) groups is 1. The molecule has 2 aliphatic rings. The van der Waals surface area contributed by atoms with Crippen molar-refractivity contribution in [3.63, 3.8) is 0 Å². The zero-order valence-corrected chi connectivity index (χ0v) is 16.7. The number of ether oxygens (including phenoxy) is 1. The van der Waals surface area contributed by atoms with Gasteiger partial charge in [0.05, 0.1) is 0 Å². The van der Waals surface area contributed by atoms with Gasteiger partial charge in [0.1, 0.15) is 17.0 Å². The van der Waals surface area contributed by atoms with Crippen LogP contribution in [-0.2, 0) is 19.1 Å². The van der Waals surface area contributed by atoms with Gasteiger partial charge in [-0.2, -0.15) is 0 Å². The molecule has 8 heteroatoms. The summed E-state index contributed by atoms with van der Waals surface area (Å²) >= 11 is 3.49. The van der Waals surface area contributed by atoms with Crippen LogP contribution in [-0.4, -0.2) is 56.1 Å². The summed E-state index contributed by atoms with van der Waals surface area (Å²) in [6.07, 6.45) is 0. The first-order valence-corrected chi connectivity index (χ1v) is 10.2. The number of benzene rings is 1. The van der Waals surface area contributed by atoms with Crippen molar-refractivity contribution in [2.24, 2.45) is 4.99 Å². The third kappa shape index (κ3) is 3.46. The lowest BCUT2D eigenvalue weighted by atomic mass is 10.0. The summed E-state index contributed by atoms with van der Waals surface area (Å²) in [6.45, 7) is 3.52. The topological polar surface area (TPSA) is 76.0 Å². The predicted octanol–water partition coefficient (Wildman–Crippen LogP) is 1.96. The molecule has 0 aliphatic carbocycles. The van der Waals surface area contributed by atoms with Crippen LogP contribution in [0.3, 0.4) is 0 Å². The number of carbonyl (C=O) groups is 3. The number of halogens is 1. The second-order valence-corrected chi connectivity index (χ2v) is 8.05. The predicted molar refractivity (Wildman–Crippen MR) is 104 cm³/mol. The van der Waals surface area contributed by atoms with Crippen molar-refractivity contribution in [1.29, 1.82) is 0 Å². The highest BCUT2D eigenvalue weighted by Gasteiger charge is 2.57. The molecule has 1 fully saturated rings. The van der Waals surface area contributed by atoms with E-state index in [1.807, 2.05) is 31.2 Å². The molecule has 3 unspecified atom stereocenters. The third-order valence-corrected chi connectivity index (χ3v) is 5.78. The maximum Gasteiger partial charge on any atom is 0.336 e. The van der Waals surface area contributed by atoms with Gasteiger partial charge < -0.3 is 9.64 Å². The number of carbonyl (C=O) groups excluding carboxylic acids is 3. The first kappa shape index (κ1) is 18.4. The smallest absolute Gasteiger partial charge is 0.336 e. The van der Waals surface area contributed by atoms with Crippen molar-refractivity contribution in [2.75, 3.05) is 11.0 Å². The lowest BCUT2D eigenvalue weighted by molar-refractivity contribution is -0.165. The number of thioether (sulfide) groups is 1. The number of hydrogen-bond acceptors (Lipinski definition) is 6. The lowest BCUT2D eigenvalue weighted by Crippen LogP contribution is -2.67. The fraction of sp³-hybridized carbons (Fsp3) is 0.412. The molecule has 1 aromatic rings. The number of alkyl halides is 1. The molecule has 1 amide bonds. The molecule has 2 heterocycles. The molecule has 0 aromatic heterocycles. The minimum Gasteiger partial charge on any atom is -0.463 e. The number of Topliss-reactive ketones (excluding diaryl/α,β-unsaturated/α-hetero) is 1. The van der Waals surface area contributed by atoms with E-state index in [-0.39, 0.29) is 17.9 Å². The standard InChI is InChI=1S/C17H17IN2O4S/c1-9-3-5-11(6-4-9)14-19-12-15(22)20(16(12)25-14)13(10(2)21)17(23)24-8-7-18/h3-6,12-13,16H,7-8H2,1-2H3. The first-order chi connectivity index (χ1) is 11.9. The number of β-lactam (4-membered cyclic amide) rings is 1. The van der Waals surface area contributed by atoms with E-state index in [4.69, 9.17) is 4.74 Å². The Bertz CT molecular complexity index is 750. The van der Waals surface area contributed by atoms with Gasteiger partial charge in [0, 0.05) is 9.99 Å². The molecular formula is C17H17IN2O4S. The second-order valence-electron chi connectivity index (χ2n) is 5.87. The van der Waals surface area contributed by atoms with Crippen LogP contribution in [0.4, 0.5) is 0 Å². The third-order valence-electron chi connectivity index (χ3n) is 4.05. The quantitative estimate of drug-likeness (QED) is 0.208. The Kier molecular flexibility index (Phi) is 5.47. The van der Waals surface area contributed by atoms with Gasteiger partial charge in [-0.05, 0) is 13.8 Å². The maximum absolute atomic E-state index is 12.4. The van der Waals surface area contributed by atoms with E-state index in [0.717, 1.165) is 16.2 Å². The van der Waals surface area contributed by atoms with Crippen molar-refractivity contribution in [1.82, 2.24) is 4.90 Å². The Balaban J connectivity index is 1.77. The molecule has 132 valence electrons. The van der Waals surface area contributed by atoms with E-state index in [0.29, 0.717) is 4.43 Å². The number of esters is 1. The Labute approximate surface area is 163 Å². The first-order valence-electron chi connectivity index (χ1n) is 7.80. The minimum atomic E-state index is -1.18. The number of amides is 1. The van der Waals surface area contributed by atoms with Gasteiger partial charge in [-0.15, -0.1) is 0 Å². The zero-order valence-electron chi connectivity index (χ0n) is 13.8. The van der Waals surface area contributed by atoms with E-state index in [9.17, 15) is 14.4 Å². The minimum absolute atomic E-state index is 0.220. The summed E-state index contributed by atoms with van der Waals surface area (Å²) in [5.41, 5.74) is 2.08. The number of rotatable bonds is 6. The molecule has 6 nitrogen and oxygen atoms in total. The summed E-state index contributed by atoms with van der Waals surface area (Å²) in [7, 11) is 0. The van der Waals surface area contributed by atoms with Gasteiger partial charge in [0.2, 0.25) is 0 Å². The van der Waals surface area contributed by atoms with Gasteiger partial charge >= 0.3 is 5.97 Å². The summed E-state index contributed by atoms with van der Waals surface area (Å²) in [6, 6.07) is 6.17. The largest absolute Gasteiger partial charge is 0.463 e. The van der Waals surface area contributed by atoms with Crippen molar-refractivity contribution >= 4 is 57.1 Å². The Morgan fingerprint density at radius 2 is 2.04 bits per heavy atom. The number of hydrogen-bond donors (Lipinski definition) is 0. The Hall–Kier alpha value is -1.42. The van der Waals surface area contributed by atoms with E-state index in [2.05, 4.69) is 27.6 Å². The monoisotopic (exact) mass is 472 g/mol. The normalized spacial score (nSPS) is 22.8. The highest BCUT2D eigenvalue weighted by molar-refractivity contribution is 14.1. The molecule has 1 aromatic carbocycles. The molecule has 0 bridgehead atoms. The van der Waals surface area contributed by atoms with Crippen molar-refractivity contribution in [2.45, 2.75) is 31.3 Å². The van der Waals surface area contributed by atoms with Crippen LogP contribution < -0.4 is 0 Å². The van der Waals surface area contributed by atoms with Crippen LogP contribution in [0.5, 0.6) is 0 Å². The summed E-state index contributed by atoms with van der Waals surface area (Å²) in [5.74, 6) is -1.36. The molecule has 25 heavy (non-hydrogen) atoms. The molecule has 0 radical (unpaired) electrons. The van der Waals surface area contributed by atoms with Crippen molar-refractivity contribution in [3.05, 3.63) is 35.4 Å². The Morgan fingerprint density at radius 1 is 1.36 bits per heavy atom. The molecular weight excluding hydrogens is 455 g/mol. The van der Waals surface area contributed by atoms with Crippen molar-refractivity contribution < 1.29 is 19.1 Å². The van der Waals surface area contributed by atoms with Gasteiger partial charge in [0.15, 0.2) is 17.9 Å². The SMILES string of the molecule is CC(=O)C(C(=O)OCCI)N1C(=O)C2N=C(c3ccc(C)cc3)SC21. The van der Waals surface area contributed by atoms with Crippen LogP contribution in [0.2, 0.25) is 0 Å². The maximum atomic E-state index is 12.4. The molecule has 2 aliphatic heterocycles. The Morgan fingerprint density at radius 3 is 2.64 bits per heavy atom. The van der Waals surface area contributed by atoms with E-state index >= 15 is 0 Å². The average Bonchev–Trinajstić information content (AvgIpc) is 2.98. The molecule has 0 spiro atoms. The zero-order chi connectivity index (χ0) is 18.1. The van der Waals surface area contributed by atoms with Gasteiger partial charge in [-0.3, -0.25) is 14.6 Å². The molecule has 1 saturated heterocycles. The molecule has 0 N–H and O–H groups in total. The number of nitrogens with zero attached hydrogens (tertiary/aromatic N) is 2. The highest BCUT2D eigenvalue weighted by Crippen LogP contribution is 2.42. The van der Waals surface area contributed by atoms with Crippen molar-refractivity contribution in [3.8, 4) is 0 Å². The fourth-order valence-electron chi connectivity index (χ4n) is 2.79. The fourth-order valence-corrected chi connectivity index (χ4v) is 4.33. The van der Waals surface area contributed by atoms with Crippen LogP contribution in [0.25, 0.3) is 0 Å². The van der Waals surface area contributed by atoms with E-state index in [1.54, 1.807) is 0 Å². The number of ketones is 1. The summed E-state index contributed by atoms with van der Waals surface area (Å²) in [5, 5.41) is 0.429. The van der Waals surface area contributed by atoms with Gasteiger partial charge in [-0.1, -0.05) is 64.2 Å². The number of fused-ring (bicyclic) bond motifs is 1. The van der Waals surface area contributed by atoms with Gasteiger partial charge in [-0.25, -0.2) is 4.79 Å². The van der Waals surface area contributed by atoms with E-state index < -0.39 is 23.8 Å². The molecule has 0 saturated carbocycles. The van der Waals surface area contributed by atoms with E-state index in [1.165, 1.54) is 23.6 Å². The van der Waals surface area contributed by atoms with Crippen LogP contribution in [0, 0.1) is 6.92 Å². The molecule has 3 atom stereocenters. The van der Waals surface area contributed by atoms with Crippen LogP contribution in [0.15, 0.2) is 29.3 Å². The average molecular weight is 472 g/mol. The number of likely N-dealkylation sites (tertiary alicyclic amines) is 1. The number of aryl methyl sites for hydroxylation is 1. The highest BCUT2D eigenvalue weighted by atomic mass is 127. The summed E-state index contributed by atoms with van der Waals surface area (Å²) in [4.78, 5) is 42.4. The van der Waals surface area contributed by atoms with Crippen LogP contribution >= 0.6 is 34.4 Å². The van der Waals surface area contributed by atoms with Crippen LogP contribution in [0.1, 0.15) is 18.1 Å². The lowest BCUT2D eigenvalue weighted by Gasteiger charge is -2.43. The molecule has 3 rings (SSSR count). The summed E-state index contributed by atoms with van der Waals surface area (Å²) < 4.78 is 5.71.